The van der Waals surface area contributed by atoms with Crippen molar-refractivity contribution in [1.29, 1.82) is 0 Å². The molecule has 4 aromatic rings. The van der Waals surface area contributed by atoms with Crippen LogP contribution in [0.1, 0.15) is 34.2 Å². The van der Waals surface area contributed by atoms with Crippen molar-refractivity contribution in [2.24, 2.45) is 5.10 Å². The van der Waals surface area contributed by atoms with Crippen LogP contribution >= 0.6 is 0 Å². The van der Waals surface area contributed by atoms with E-state index in [2.05, 4.69) is 17.1 Å². The number of ether oxygens (including phenoxy) is 2. The highest BCUT2D eigenvalue weighted by molar-refractivity contribution is 5.96. The van der Waals surface area contributed by atoms with Crippen LogP contribution in [0.3, 0.4) is 0 Å². The van der Waals surface area contributed by atoms with Crippen molar-refractivity contribution >= 4 is 28.8 Å². The molecule has 0 unspecified atom stereocenters. The fourth-order valence-corrected chi connectivity index (χ4v) is 3.68. The first-order valence-corrected chi connectivity index (χ1v) is 11.6. The summed E-state index contributed by atoms with van der Waals surface area (Å²) in [5, 5.41) is 15.8. The number of non-ortho nitro benzene ring substituents is 1. The maximum atomic E-state index is 12.5. The summed E-state index contributed by atoms with van der Waals surface area (Å²) < 4.78 is 17.5. The van der Waals surface area contributed by atoms with Gasteiger partial charge in [0, 0.05) is 23.1 Å². The van der Waals surface area contributed by atoms with Gasteiger partial charge in [0.15, 0.2) is 17.3 Å². The normalized spacial score (nSPS) is 10.9. The lowest BCUT2D eigenvalue weighted by Crippen LogP contribution is -2.16. The van der Waals surface area contributed by atoms with Gasteiger partial charge in [0.05, 0.1) is 17.7 Å². The van der Waals surface area contributed by atoms with Crippen LogP contribution in [0.15, 0.2) is 88.9 Å². The number of hydrogen-bond donors (Lipinski definition) is 1. The van der Waals surface area contributed by atoms with E-state index in [1.807, 2.05) is 31.2 Å². The van der Waals surface area contributed by atoms with Crippen LogP contribution in [0, 0.1) is 10.1 Å². The minimum Gasteiger partial charge on any atom is -0.490 e. The second-order valence-electron chi connectivity index (χ2n) is 7.99. The summed E-state index contributed by atoms with van der Waals surface area (Å²) in [6.07, 6.45) is 3.76. The van der Waals surface area contributed by atoms with Crippen molar-refractivity contribution in [2.75, 3.05) is 6.61 Å². The van der Waals surface area contributed by atoms with Gasteiger partial charge in [0.25, 0.3) is 5.69 Å². The molecule has 1 aromatic heterocycles. The number of hydrazone groups is 1. The van der Waals surface area contributed by atoms with E-state index in [0.29, 0.717) is 35.7 Å². The van der Waals surface area contributed by atoms with E-state index in [4.69, 9.17) is 13.9 Å². The minimum atomic E-state index is -0.466. The first-order valence-electron chi connectivity index (χ1n) is 11.6. The monoisotopic (exact) mass is 499 g/mol. The first kappa shape index (κ1) is 25.2. The molecule has 0 spiro atoms. The molecule has 0 aliphatic carbocycles. The van der Waals surface area contributed by atoms with E-state index in [9.17, 15) is 14.9 Å². The zero-order chi connectivity index (χ0) is 26.2. The number of carbonyl (C=O) groups excluding carboxylic acids is 1. The SMILES string of the molecule is C=CCc1cc(/C=N/NC(=O)c2cc3ccccc3o2)cc(OCC)c1OCc1ccc([N+](=O)[O-])cc1. The predicted molar refractivity (Wildman–Crippen MR) is 140 cm³/mol. The van der Waals surface area contributed by atoms with Crippen molar-refractivity contribution in [1.82, 2.24) is 5.43 Å². The van der Waals surface area contributed by atoms with Crippen molar-refractivity contribution in [3.63, 3.8) is 0 Å². The number of allylic oxidation sites excluding steroid dienone is 1. The van der Waals surface area contributed by atoms with Crippen molar-refractivity contribution in [2.45, 2.75) is 20.0 Å². The van der Waals surface area contributed by atoms with Gasteiger partial charge in [-0.3, -0.25) is 14.9 Å². The number of furan rings is 1. The summed E-state index contributed by atoms with van der Waals surface area (Å²) in [4.78, 5) is 22.9. The van der Waals surface area contributed by atoms with Gasteiger partial charge in [-0.25, -0.2) is 5.43 Å². The van der Waals surface area contributed by atoms with Crippen LogP contribution in [0.4, 0.5) is 5.69 Å². The van der Waals surface area contributed by atoms with Crippen molar-refractivity contribution in [3.05, 3.63) is 112 Å². The maximum absolute atomic E-state index is 12.5. The Kier molecular flexibility index (Phi) is 7.95. The Balaban J connectivity index is 1.51. The molecule has 1 N–H and O–H groups in total. The van der Waals surface area contributed by atoms with Crippen LogP contribution in [0.5, 0.6) is 11.5 Å². The molecule has 0 fully saturated rings. The Morgan fingerprint density at radius 2 is 1.92 bits per heavy atom. The number of amides is 1. The van der Waals surface area contributed by atoms with Crippen molar-refractivity contribution in [3.8, 4) is 11.5 Å². The quantitative estimate of drug-likeness (QED) is 0.120. The molecule has 37 heavy (non-hydrogen) atoms. The second-order valence-corrected chi connectivity index (χ2v) is 7.99. The molecule has 1 heterocycles. The highest BCUT2D eigenvalue weighted by Crippen LogP contribution is 2.34. The van der Waals surface area contributed by atoms with E-state index >= 15 is 0 Å². The van der Waals surface area contributed by atoms with E-state index in [-0.39, 0.29) is 18.1 Å². The summed E-state index contributed by atoms with van der Waals surface area (Å²) in [7, 11) is 0. The highest BCUT2D eigenvalue weighted by atomic mass is 16.6. The average molecular weight is 500 g/mol. The lowest BCUT2D eigenvalue weighted by Gasteiger charge is -2.16. The van der Waals surface area contributed by atoms with Crippen LogP contribution in [-0.4, -0.2) is 23.7 Å². The fourth-order valence-electron chi connectivity index (χ4n) is 3.68. The fraction of sp³-hybridized carbons (Fsp3) is 0.143. The van der Waals surface area contributed by atoms with Gasteiger partial charge >= 0.3 is 5.91 Å². The molecule has 0 saturated heterocycles. The third-order valence-corrected chi connectivity index (χ3v) is 5.38. The molecule has 9 nitrogen and oxygen atoms in total. The lowest BCUT2D eigenvalue weighted by molar-refractivity contribution is -0.384. The second kappa shape index (κ2) is 11.7. The maximum Gasteiger partial charge on any atom is 0.307 e. The molecule has 1 amide bonds. The number of hydrogen-bond acceptors (Lipinski definition) is 7. The van der Waals surface area contributed by atoms with Gasteiger partial charge in [-0.2, -0.15) is 5.10 Å². The summed E-state index contributed by atoms with van der Waals surface area (Å²) in [5.41, 5.74) is 5.39. The van der Waals surface area contributed by atoms with Gasteiger partial charge in [0.2, 0.25) is 0 Å². The van der Waals surface area contributed by atoms with Crippen LogP contribution in [0.25, 0.3) is 11.0 Å². The topological polar surface area (TPSA) is 116 Å². The van der Waals surface area contributed by atoms with Gasteiger partial charge in [-0.15, -0.1) is 6.58 Å². The number of nitrogens with zero attached hydrogens (tertiary/aromatic N) is 2. The first-order chi connectivity index (χ1) is 18.0. The van der Waals surface area contributed by atoms with Crippen LogP contribution < -0.4 is 14.9 Å². The Hall–Kier alpha value is -4.92. The van der Waals surface area contributed by atoms with Gasteiger partial charge < -0.3 is 13.9 Å². The Bertz CT molecular complexity index is 1420. The van der Waals surface area contributed by atoms with Crippen LogP contribution in [0.2, 0.25) is 0 Å². The molecule has 4 rings (SSSR count). The van der Waals surface area contributed by atoms with Crippen molar-refractivity contribution < 1.29 is 23.6 Å². The number of para-hydroxylation sites is 1. The third-order valence-electron chi connectivity index (χ3n) is 5.38. The standard InChI is InChI=1S/C28H25N3O6/c1-3-7-22-14-20(17-29-30-28(32)26-16-21-8-5-6-9-24(21)37-26)15-25(35-4-2)27(22)36-18-19-10-12-23(13-11-19)31(33)34/h3,5-6,8-17H,1,4,7,18H2,2H3,(H,30,32)/b29-17+. The molecule has 0 bridgehead atoms. The number of rotatable bonds is 11. The third kappa shape index (κ3) is 6.21. The largest absolute Gasteiger partial charge is 0.490 e. The average Bonchev–Trinajstić information content (AvgIpc) is 3.33. The van der Waals surface area contributed by atoms with Crippen LogP contribution in [-0.2, 0) is 13.0 Å². The van der Waals surface area contributed by atoms with Gasteiger partial charge in [-0.1, -0.05) is 24.3 Å². The molecular weight excluding hydrogens is 474 g/mol. The summed E-state index contributed by atoms with van der Waals surface area (Å²) in [6, 6.07) is 18.8. The van der Waals surface area contributed by atoms with E-state index in [0.717, 1.165) is 16.5 Å². The highest BCUT2D eigenvalue weighted by Gasteiger charge is 2.15. The number of carbonyl (C=O) groups is 1. The number of nitro groups is 1. The number of nitro benzene ring substituents is 1. The Morgan fingerprint density at radius 3 is 2.62 bits per heavy atom. The molecular formula is C28H25N3O6. The summed E-state index contributed by atoms with van der Waals surface area (Å²) >= 11 is 0. The predicted octanol–water partition coefficient (Wildman–Crippen LogP) is 5.81. The smallest absolute Gasteiger partial charge is 0.307 e. The number of fused-ring (bicyclic) bond motifs is 1. The molecule has 0 atom stereocenters. The lowest BCUT2D eigenvalue weighted by atomic mass is 10.1. The summed E-state index contributed by atoms with van der Waals surface area (Å²) in [5.74, 6) is 0.750. The zero-order valence-corrected chi connectivity index (χ0v) is 20.2. The molecule has 188 valence electrons. The minimum absolute atomic E-state index is 0.0159. The zero-order valence-electron chi connectivity index (χ0n) is 20.2. The Labute approximate surface area is 213 Å². The molecule has 0 radical (unpaired) electrons. The van der Waals surface area contributed by atoms with E-state index < -0.39 is 10.8 Å². The number of benzene rings is 3. The molecule has 0 aliphatic heterocycles. The molecule has 0 aliphatic rings. The summed E-state index contributed by atoms with van der Waals surface area (Å²) in [6.45, 7) is 6.29. The molecule has 3 aromatic carbocycles. The van der Waals surface area contributed by atoms with E-state index in [1.165, 1.54) is 18.3 Å². The van der Waals surface area contributed by atoms with Gasteiger partial charge in [-0.05, 0) is 60.9 Å². The Morgan fingerprint density at radius 1 is 1.14 bits per heavy atom. The van der Waals surface area contributed by atoms with Gasteiger partial charge in [0.1, 0.15) is 12.2 Å². The molecule has 9 heteroatoms. The van der Waals surface area contributed by atoms with E-state index in [1.54, 1.807) is 36.4 Å². The molecule has 0 saturated carbocycles. The number of nitrogens with one attached hydrogen (secondary N) is 1.